The lowest BCUT2D eigenvalue weighted by atomic mass is 10.1. The van der Waals surface area contributed by atoms with E-state index in [1.54, 1.807) is 18.4 Å². The molecule has 0 aliphatic rings. The van der Waals surface area contributed by atoms with Crippen molar-refractivity contribution in [3.8, 4) is 0 Å². The van der Waals surface area contributed by atoms with Crippen LogP contribution in [0.3, 0.4) is 0 Å². The first-order chi connectivity index (χ1) is 8.50. The molecular formula is C12H18N2O3S. The molecule has 0 heterocycles. The molecule has 0 fully saturated rings. The van der Waals surface area contributed by atoms with Gasteiger partial charge in [0.1, 0.15) is 0 Å². The molecule has 0 saturated carbocycles. The summed E-state index contributed by atoms with van der Waals surface area (Å²) < 4.78 is 10.9. The molecule has 0 aromatic heterocycles. The Labute approximate surface area is 109 Å². The van der Waals surface area contributed by atoms with Gasteiger partial charge in [0.25, 0.3) is 5.69 Å². The molecule has 1 rings (SSSR count). The molecule has 0 spiro atoms. The van der Waals surface area contributed by atoms with Crippen LogP contribution in [0.5, 0.6) is 0 Å². The number of hydrogen-bond donors (Lipinski definition) is 1. The Bertz CT molecular complexity index is 420. The number of rotatable bonds is 7. The Morgan fingerprint density at radius 3 is 2.50 bits per heavy atom. The van der Waals surface area contributed by atoms with Crippen molar-refractivity contribution in [2.75, 3.05) is 18.6 Å². The minimum atomic E-state index is -0.748. The molecule has 0 amide bonds. The molecule has 18 heavy (non-hydrogen) atoms. The second kappa shape index (κ2) is 7.23. The number of nitrogens with zero attached hydrogens (tertiary/aromatic N) is 1. The Kier molecular flexibility index (Phi) is 5.94. The van der Waals surface area contributed by atoms with Crippen LogP contribution in [0.15, 0.2) is 24.3 Å². The number of hydrogen-bond acceptors (Lipinski definition) is 4. The van der Waals surface area contributed by atoms with Gasteiger partial charge in [0.15, 0.2) is 0 Å². The molecule has 2 unspecified atom stereocenters. The number of nitrogens with one attached hydrogen (secondary N) is 1. The van der Waals surface area contributed by atoms with Crippen LogP contribution in [0.1, 0.15) is 24.9 Å². The lowest BCUT2D eigenvalue weighted by Gasteiger charge is -2.13. The van der Waals surface area contributed by atoms with E-state index in [1.165, 1.54) is 12.1 Å². The number of nitro benzene ring substituents is 1. The van der Waals surface area contributed by atoms with Crippen molar-refractivity contribution in [3.05, 3.63) is 39.9 Å². The van der Waals surface area contributed by atoms with E-state index in [-0.39, 0.29) is 11.7 Å². The van der Waals surface area contributed by atoms with Crippen molar-refractivity contribution in [1.29, 1.82) is 0 Å². The number of benzene rings is 1. The Morgan fingerprint density at radius 1 is 1.39 bits per heavy atom. The zero-order chi connectivity index (χ0) is 13.5. The topological polar surface area (TPSA) is 72.2 Å². The third-order valence-corrected chi connectivity index (χ3v) is 3.53. The van der Waals surface area contributed by atoms with Gasteiger partial charge in [0.2, 0.25) is 0 Å². The van der Waals surface area contributed by atoms with Crippen molar-refractivity contribution in [2.24, 2.45) is 0 Å². The summed E-state index contributed by atoms with van der Waals surface area (Å²) in [5.41, 5.74) is 1.12. The van der Waals surface area contributed by atoms with Crippen LogP contribution in [-0.4, -0.2) is 27.7 Å². The molecular weight excluding hydrogens is 252 g/mol. The summed E-state index contributed by atoms with van der Waals surface area (Å²) in [4.78, 5) is 10.1. The molecule has 2 atom stereocenters. The van der Waals surface area contributed by atoms with E-state index in [2.05, 4.69) is 5.32 Å². The van der Waals surface area contributed by atoms with Crippen LogP contribution in [0.2, 0.25) is 0 Å². The molecule has 0 aliphatic heterocycles. The minimum absolute atomic E-state index is 0.104. The first-order valence-electron chi connectivity index (χ1n) is 5.78. The van der Waals surface area contributed by atoms with Crippen LogP contribution in [0.4, 0.5) is 5.69 Å². The van der Waals surface area contributed by atoms with Crippen molar-refractivity contribution < 1.29 is 9.13 Å². The fourth-order valence-electron chi connectivity index (χ4n) is 1.60. The fraction of sp³-hybridized carbons (Fsp3) is 0.500. The van der Waals surface area contributed by atoms with Crippen molar-refractivity contribution in [2.45, 2.75) is 19.4 Å². The summed E-state index contributed by atoms with van der Waals surface area (Å²) in [6.07, 6.45) is 2.56. The maximum Gasteiger partial charge on any atom is 0.269 e. The average Bonchev–Trinajstić information content (AvgIpc) is 2.34. The predicted octanol–water partition coefficient (Wildman–Crippen LogP) is 2.01. The van der Waals surface area contributed by atoms with Crippen LogP contribution in [0, 0.1) is 10.1 Å². The lowest BCUT2D eigenvalue weighted by Crippen LogP contribution is -2.21. The van der Waals surface area contributed by atoms with Gasteiger partial charge in [-0.3, -0.25) is 14.3 Å². The molecule has 1 N–H and O–H groups in total. The Hall–Kier alpha value is -1.27. The smallest absolute Gasteiger partial charge is 0.269 e. The number of non-ortho nitro benzene ring substituents is 1. The third-order valence-electron chi connectivity index (χ3n) is 2.66. The predicted molar refractivity (Wildman–Crippen MR) is 73.1 cm³/mol. The van der Waals surface area contributed by atoms with Gasteiger partial charge >= 0.3 is 0 Å². The standard InChI is InChI=1S/C12H18N2O3S/c1-10(13-8-3-9-18(2)17)11-4-6-12(7-5-11)14(15)16/h4-7,10,13H,3,8-9H2,1-2H3. The van der Waals surface area contributed by atoms with E-state index >= 15 is 0 Å². The van der Waals surface area contributed by atoms with Gasteiger partial charge < -0.3 is 5.32 Å². The summed E-state index contributed by atoms with van der Waals surface area (Å²) >= 11 is 0. The van der Waals surface area contributed by atoms with E-state index in [0.29, 0.717) is 5.75 Å². The van der Waals surface area contributed by atoms with Gasteiger partial charge in [0.05, 0.1) is 4.92 Å². The van der Waals surface area contributed by atoms with E-state index < -0.39 is 15.7 Å². The van der Waals surface area contributed by atoms with Crippen molar-refractivity contribution >= 4 is 16.5 Å². The average molecular weight is 270 g/mol. The zero-order valence-corrected chi connectivity index (χ0v) is 11.4. The van der Waals surface area contributed by atoms with Gasteiger partial charge in [-0.15, -0.1) is 0 Å². The monoisotopic (exact) mass is 270 g/mol. The lowest BCUT2D eigenvalue weighted by molar-refractivity contribution is -0.384. The summed E-state index contributed by atoms with van der Waals surface area (Å²) in [7, 11) is -0.748. The first-order valence-corrected chi connectivity index (χ1v) is 7.51. The highest BCUT2D eigenvalue weighted by Crippen LogP contribution is 2.17. The molecule has 0 radical (unpaired) electrons. The normalized spacial score (nSPS) is 14.1. The highest BCUT2D eigenvalue weighted by Gasteiger charge is 2.08. The molecule has 6 heteroatoms. The van der Waals surface area contributed by atoms with Gasteiger partial charge in [-0.2, -0.15) is 0 Å². The van der Waals surface area contributed by atoms with Crippen LogP contribution in [-0.2, 0) is 10.8 Å². The van der Waals surface area contributed by atoms with Crippen molar-refractivity contribution in [3.63, 3.8) is 0 Å². The summed E-state index contributed by atoms with van der Waals surface area (Å²) in [6.45, 7) is 2.79. The van der Waals surface area contributed by atoms with Crippen LogP contribution < -0.4 is 5.32 Å². The maximum absolute atomic E-state index is 10.9. The minimum Gasteiger partial charge on any atom is -0.310 e. The SMILES string of the molecule is CC(NCCCS(C)=O)c1ccc([N+](=O)[O-])cc1. The Morgan fingerprint density at radius 2 is 2.00 bits per heavy atom. The molecule has 0 bridgehead atoms. The van der Waals surface area contributed by atoms with Crippen LogP contribution in [0.25, 0.3) is 0 Å². The van der Waals surface area contributed by atoms with Gasteiger partial charge in [-0.1, -0.05) is 12.1 Å². The van der Waals surface area contributed by atoms with E-state index in [4.69, 9.17) is 0 Å². The maximum atomic E-state index is 10.9. The quantitative estimate of drug-likeness (QED) is 0.467. The molecule has 100 valence electrons. The molecule has 0 saturated heterocycles. The number of nitro groups is 1. The third kappa shape index (κ3) is 4.93. The molecule has 1 aromatic carbocycles. The zero-order valence-electron chi connectivity index (χ0n) is 10.6. The molecule has 1 aromatic rings. The van der Waals surface area contributed by atoms with Crippen molar-refractivity contribution in [1.82, 2.24) is 5.32 Å². The second-order valence-corrected chi connectivity index (χ2v) is 5.71. The van der Waals surface area contributed by atoms with Gasteiger partial charge in [0, 0.05) is 41.0 Å². The first kappa shape index (κ1) is 14.8. The summed E-state index contributed by atoms with van der Waals surface area (Å²) in [5.74, 6) is 0.694. The fourth-order valence-corrected chi connectivity index (χ4v) is 2.15. The van der Waals surface area contributed by atoms with Crippen LogP contribution >= 0.6 is 0 Å². The molecule has 0 aliphatic carbocycles. The molecule has 5 nitrogen and oxygen atoms in total. The van der Waals surface area contributed by atoms with E-state index in [9.17, 15) is 14.3 Å². The highest BCUT2D eigenvalue weighted by molar-refractivity contribution is 7.84. The Balaban J connectivity index is 2.44. The largest absolute Gasteiger partial charge is 0.310 e. The second-order valence-electron chi connectivity index (χ2n) is 4.16. The summed E-state index contributed by atoms with van der Waals surface area (Å²) in [6, 6.07) is 6.67. The summed E-state index contributed by atoms with van der Waals surface area (Å²) in [5, 5.41) is 13.8. The highest BCUT2D eigenvalue weighted by atomic mass is 32.2. The van der Waals surface area contributed by atoms with Gasteiger partial charge in [-0.25, -0.2) is 0 Å². The van der Waals surface area contributed by atoms with E-state index in [1.807, 2.05) is 6.92 Å². The van der Waals surface area contributed by atoms with E-state index in [0.717, 1.165) is 18.5 Å². The van der Waals surface area contributed by atoms with Gasteiger partial charge in [-0.05, 0) is 25.5 Å².